The minimum atomic E-state index is -5.78. The summed E-state index contributed by atoms with van der Waals surface area (Å²) in [7, 11) is -5.78. The summed E-state index contributed by atoms with van der Waals surface area (Å²) in [5.41, 5.74) is -7.12. The van der Waals surface area contributed by atoms with E-state index in [-0.39, 0.29) is 38.5 Å². The molecule has 188 valence electrons. The van der Waals surface area contributed by atoms with E-state index in [2.05, 4.69) is 4.98 Å². The Hall–Kier alpha value is -4.26. The maximum absolute atomic E-state index is 15.0. The minimum Gasteiger partial charge on any atom is -0.463 e. The molecule has 0 saturated heterocycles. The smallest absolute Gasteiger partial charge is 0.463 e. The number of alkyl halides is 3. The minimum absolute atomic E-state index is 0.0347. The average molecular weight is 534 g/mol. The highest BCUT2D eigenvalue weighted by Gasteiger charge is 2.47. The maximum Gasteiger partial charge on any atom is 0.501 e. The summed E-state index contributed by atoms with van der Waals surface area (Å²) in [6.07, 6.45) is 2.63. The Labute approximate surface area is 202 Å². The quantitative estimate of drug-likeness (QED) is 0.215. The SMILES string of the molecule is O=c1oc2ncccc2c2c3c4occc4c(F)cc3n(Cc3cc(S(=O)(=O)C(F)(F)F)ccc3F)c12. The molecule has 0 amide bonds. The van der Waals surface area contributed by atoms with E-state index < -0.39 is 49.6 Å². The molecule has 4 heterocycles. The number of pyridine rings is 1. The molecule has 2 aromatic carbocycles. The van der Waals surface area contributed by atoms with Gasteiger partial charge in [0.1, 0.15) is 22.7 Å². The molecule has 0 radical (unpaired) electrons. The zero-order valence-corrected chi connectivity index (χ0v) is 19.0. The van der Waals surface area contributed by atoms with Crippen LogP contribution in [0.3, 0.4) is 0 Å². The van der Waals surface area contributed by atoms with Crippen molar-refractivity contribution in [1.82, 2.24) is 9.55 Å². The monoisotopic (exact) mass is 534 g/mol. The molecular weight excluding hydrogens is 523 g/mol. The predicted octanol–water partition coefficient (Wildman–Crippen LogP) is 5.66. The topological polar surface area (TPSA) is 95.3 Å². The van der Waals surface area contributed by atoms with Crippen molar-refractivity contribution in [2.75, 3.05) is 0 Å². The fraction of sp³-hybridized carbons (Fsp3) is 0.0833. The number of rotatable bonds is 3. The molecule has 0 aliphatic heterocycles. The number of nitrogens with zero attached hydrogens (tertiary/aromatic N) is 2. The van der Waals surface area contributed by atoms with Gasteiger partial charge in [-0.2, -0.15) is 13.2 Å². The van der Waals surface area contributed by atoms with Gasteiger partial charge in [0.05, 0.1) is 34.0 Å². The summed E-state index contributed by atoms with van der Waals surface area (Å²) < 4.78 is 105. The van der Waals surface area contributed by atoms with Crippen molar-refractivity contribution < 1.29 is 39.2 Å². The molecule has 7 nitrogen and oxygen atoms in total. The number of aromatic nitrogens is 2. The van der Waals surface area contributed by atoms with Gasteiger partial charge in [0, 0.05) is 22.5 Å². The Kier molecular flexibility index (Phi) is 4.77. The second-order valence-electron chi connectivity index (χ2n) is 8.17. The first-order valence-corrected chi connectivity index (χ1v) is 12.0. The Balaban J connectivity index is 1.72. The molecule has 0 spiro atoms. The molecular formula is C24H11F5N2O5S. The third kappa shape index (κ3) is 3.26. The summed E-state index contributed by atoms with van der Waals surface area (Å²) in [4.78, 5) is 15.9. The number of benzene rings is 2. The lowest BCUT2D eigenvalue weighted by molar-refractivity contribution is -0.0436. The van der Waals surface area contributed by atoms with Crippen LogP contribution in [0.25, 0.3) is 43.9 Å². The highest BCUT2D eigenvalue weighted by atomic mass is 32.2. The van der Waals surface area contributed by atoms with Gasteiger partial charge in [0.15, 0.2) is 0 Å². The summed E-state index contributed by atoms with van der Waals surface area (Å²) in [6, 6.07) is 7.21. The van der Waals surface area contributed by atoms with Crippen LogP contribution in [0.15, 0.2) is 73.4 Å². The van der Waals surface area contributed by atoms with Crippen LogP contribution in [0.5, 0.6) is 0 Å². The van der Waals surface area contributed by atoms with Gasteiger partial charge in [0.2, 0.25) is 5.71 Å². The number of halogens is 5. The van der Waals surface area contributed by atoms with Crippen LogP contribution in [0.4, 0.5) is 22.0 Å². The van der Waals surface area contributed by atoms with Crippen LogP contribution in [0.2, 0.25) is 0 Å². The predicted molar refractivity (Wildman–Crippen MR) is 122 cm³/mol. The van der Waals surface area contributed by atoms with E-state index in [1.165, 1.54) is 18.5 Å². The Morgan fingerprint density at radius 3 is 2.51 bits per heavy atom. The van der Waals surface area contributed by atoms with E-state index in [1.54, 1.807) is 12.1 Å². The largest absolute Gasteiger partial charge is 0.501 e. The third-order valence-corrected chi connectivity index (χ3v) is 7.58. The number of hydrogen-bond acceptors (Lipinski definition) is 6. The lowest BCUT2D eigenvalue weighted by Crippen LogP contribution is -2.23. The number of sulfone groups is 1. The summed E-state index contributed by atoms with van der Waals surface area (Å²) in [5.74, 6) is -1.77. The van der Waals surface area contributed by atoms with Gasteiger partial charge in [-0.25, -0.2) is 27.0 Å². The van der Waals surface area contributed by atoms with Crippen LogP contribution in [-0.2, 0) is 16.4 Å². The molecule has 37 heavy (non-hydrogen) atoms. The fourth-order valence-electron chi connectivity index (χ4n) is 4.49. The van der Waals surface area contributed by atoms with Gasteiger partial charge in [-0.3, -0.25) is 0 Å². The lowest BCUT2D eigenvalue weighted by Gasteiger charge is -2.12. The normalized spacial score (nSPS) is 12.9. The fourth-order valence-corrected chi connectivity index (χ4v) is 5.30. The molecule has 6 rings (SSSR count). The first-order chi connectivity index (χ1) is 17.5. The molecule has 6 aromatic rings. The summed E-state index contributed by atoms with van der Waals surface area (Å²) in [5, 5.41) is 0.955. The van der Waals surface area contributed by atoms with Gasteiger partial charge < -0.3 is 13.4 Å². The first-order valence-electron chi connectivity index (χ1n) is 10.5. The second-order valence-corrected chi connectivity index (χ2v) is 10.1. The van der Waals surface area contributed by atoms with Crippen LogP contribution in [0, 0.1) is 11.6 Å². The number of hydrogen-bond donors (Lipinski definition) is 0. The molecule has 0 N–H and O–H groups in total. The zero-order valence-electron chi connectivity index (χ0n) is 18.1. The van der Waals surface area contributed by atoms with E-state index in [9.17, 15) is 35.2 Å². The van der Waals surface area contributed by atoms with Crippen molar-refractivity contribution in [3.63, 3.8) is 0 Å². The van der Waals surface area contributed by atoms with Gasteiger partial charge in [-0.15, -0.1) is 0 Å². The van der Waals surface area contributed by atoms with Crippen LogP contribution >= 0.6 is 0 Å². The van der Waals surface area contributed by atoms with Gasteiger partial charge in [0.25, 0.3) is 9.84 Å². The molecule has 4 aromatic heterocycles. The van der Waals surface area contributed by atoms with Crippen molar-refractivity contribution in [3.8, 4) is 0 Å². The second kappa shape index (κ2) is 7.62. The molecule has 0 aliphatic carbocycles. The van der Waals surface area contributed by atoms with Crippen molar-refractivity contribution in [2.24, 2.45) is 0 Å². The first kappa shape index (κ1) is 23.2. The van der Waals surface area contributed by atoms with E-state index in [0.717, 1.165) is 10.6 Å². The van der Waals surface area contributed by atoms with Crippen molar-refractivity contribution in [3.05, 3.63) is 82.5 Å². The van der Waals surface area contributed by atoms with Crippen LogP contribution in [0.1, 0.15) is 5.56 Å². The van der Waals surface area contributed by atoms with Gasteiger partial charge in [-0.05, 0) is 42.5 Å². The molecule has 0 aliphatic rings. The molecule has 0 atom stereocenters. The molecule has 13 heteroatoms. The third-order valence-electron chi connectivity index (χ3n) is 6.10. The molecule has 0 saturated carbocycles. The van der Waals surface area contributed by atoms with Crippen LogP contribution < -0.4 is 5.63 Å². The average Bonchev–Trinajstić information content (AvgIpc) is 3.44. The molecule has 0 unspecified atom stereocenters. The Morgan fingerprint density at radius 2 is 1.76 bits per heavy atom. The van der Waals surface area contributed by atoms with E-state index in [1.807, 2.05) is 0 Å². The van der Waals surface area contributed by atoms with E-state index in [0.29, 0.717) is 23.6 Å². The highest BCUT2D eigenvalue weighted by molar-refractivity contribution is 7.92. The standard InChI is InChI=1S/C24H11F5N2O5S/c25-15-4-3-12(37(33,34)24(27,28)29)8-11(15)10-31-17-9-16(26)13-5-7-35-21(13)19(17)18-14-2-1-6-30-22(14)36-23(32)20(18)31/h1-9H,10H2. The van der Waals surface area contributed by atoms with Crippen LogP contribution in [-0.4, -0.2) is 23.5 Å². The number of furan rings is 1. The van der Waals surface area contributed by atoms with Crippen molar-refractivity contribution in [2.45, 2.75) is 16.9 Å². The Morgan fingerprint density at radius 1 is 0.973 bits per heavy atom. The van der Waals surface area contributed by atoms with Crippen molar-refractivity contribution >= 4 is 53.7 Å². The molecule has 0 bridgehead atoms. The van der Waals surface area contributed by atoms with Gasteiger partial charge in [-0.1, -0.05) is 0 Å². The number of fused-ring (bicyclic) bond motifs is 7. The van der Waals surface area contributed by atoms with E-state index in [4.69, 9.17) is 8.83 Å². The zero-order chi connectivity index (χ0) is 26.3. The summed E-state index contributed by atoms with van der Waals surface area (Å²) in [6.45, 7) is -0.630. The lowest BCUT2D eigenvalue weighted by atomic mass is 10.1. The molecule has 0 fully saturated rings. The Bertz CT molecular complexity index is 2070. The van der Waals surface area contributed by atoms with E-state index >= 15 is 0 Å². The summed E-state index contributed by atoms with van der Waals surface area (Å²) >= 11 is 0. The maximum atomic E-state index is 15.0. The van der Waals surface area contributed by atoms with Crippen molar-refractivity contribution in [1.29, 1.82) is 0 Å². The highest BCUT2D eigenvalue weighted by Crippen LogP contribution is 2.39. The van der Waals surface area contributed by atoms with Gasteiger partial charge >= 0.3 is 11.1 Å².